The van der Waals surface area contributed by atoms with Gasteiger partial charge in [0.05, 0.1) is 39.9 Å². The van der Waals surface area contributed by atoms with Crippen LogP contribution in [0, 0.1) is 6.92 Å². The van der Waals surface area contributed by atoms with Crippen molar-refractivity contribution in [1.29, 1.82) is 0 Å². The van der Waals surface area contributed by atoms with Crippen LogP contribution >= 0.6 is 0 Å². The maximum atomic E-state index is 12.7. The summed E-state index contributed by atoms with van der Waals surface area (Å²) in [4.78, 5) is 11.9. The smallest absolute Gasteiger partial charge is 1.00 e. The van der Waals surface area contributed by atoms with Crippen molar-refractivity contribution in [2.24, 2.45) is 0 Å². The van der Waals surface area contributed by atoms with Gasteiger partial charge in [0.1, 0.15) is 5.75 Å². The minimum atomic E-state index is -1.30. The standard InChI is InChI=1S/C18H21N3O3S.Na.H/c1-13-16(19-9-8-17(13)24-11-5-10-23-2)12-25(22)18-20-14-6-3-4-7-15(14)21-18;;/h3-4,6-9H,5,10-12H2,1-2H3,(H,20,21);;/q;+1;-1/t25-;;/m1../s1. The Hall–Kier alpha value is -1.25. The van der Waals surface area contributed by atoms with Crippen LogP contribution in [-0.4, -0.2) is 39.5 Å². The molecule has 0 spiro atoms. The average molecular weight is 383 g/mol. The molecule has 2 aromatic heterocycles. The summed E-state index contributed by atoms with van der Waals surface area (Å²) in [5.74, 6) is 1.06. The van der Waals surface area contributed by atoms with E-state index in [-0.39, 0.29) is 31.0 Å². The van der Waals surface area contributed by atoms with Crippen LogP contribution in [0.2, 0.25) is 0 Å². The van der Waals surface area contributed by atoms with E-state index in [4.69, 9.17) is 9.47 Å². The molecule has 2 heterocycles. The van der Waals surface area contributed by atoms with Crippen LogP contribution in [0.25, 0.3) is 11.0 Å². The second-order valence-electron chi connectivity index (χ2n) is 5.62. The zero-order chi connectivity index (χ0) is 17.6. The molecular weight excluding hydrogens is 361 g/mol. The molecule has 0 aliphatic rings. The van der Waals surface area contributed by atoms with Gasteiger partial charge in [-0.05, 0) is 25.1 Å². The molecule has 0 unspecified atom stereocenters. The number of aromatic amines is 1. The zero-order valence-electron chi connectivity index (χ0n) is 16.3. The number of rotatable bonds is 8. The Bertz CT molecular complexity index is 858. The quantitative estimate of drug-likeness (QED) is 0.441. The molecule has 0 aliphatic heterocycles. The molecule has 0 amide bonds. The average Bonchev–Trinajstić information content (AvgIpc) is 3.06. The number of nitrogens with zero attached hydrogens (tertiary/aromatic N) is 2. The van der Waals surface area contributed by atoms with Crippen LogP contribution in [0.4, 0.5) is 0 Å². The van der Waals surface area contributed by atoms with E-state index in [9.17, 15) is 4.21 Å². The van der Waals surface area contributed by atoms with Gasteiger partial charge in [0.2, 0.25) is 0 Å². The molecule has 0 radical (unpaired) electrons. The van der Waals surface area contributed by atoms with Crippen molar-refractivity contribution in [3.8, 4) is 5.75 Å². The van der Waals surface area contributed by atoms with E-state index < -0.39 is 10.8 Å². The first kappa shape index (κ1) is 21.1. The molecule has 134 valence electrons. The first-order chi connectivity index (χ1) is 12.2. The van der Waals surface area contributed by atoms with E-state index in [0.29, 0.717) is 24.1 Å². The van der Waals surface area contributed by atoms with Crippen LogP contribution in [-0.2, 0) is 21.3 Å². The number of para-hydroxylation sites is 2. The summed E-state index contributed by atoms with van der Waals surface area (Å²) in [6.45, 7) is 3.17. The Balaban J connectivity index is 0.00000182. The van der Waals surface area contributed by atoms with Gasteiger partial charge in [0, 0.05) is 31.9 Å². The molecule has 6 nitrogen and oxygen atoms in total. The second-order valence-corrected chi connectivity index (χ2v) is 6.99. The Morgan fingerprint density at radius 2 is 2.04 bits per heavy atom. The number of imidazole rings is 1. The van der Waals surface area contributed by atoms with Crippen LogP contribution in [0.15, 0.2) is 41.7 Å². The Morgan fingerprint density at radius 1 is 1.23 bits per heavy atom. The molecular formula is C18H22N3NaO3S. The van der Waals surface area contributed by atoms with Crippen molar-refractivity contribution < 1.29 is 44.7 Å². The molecule has 0 saturated heterocycles. The third-order valence-corrected chi connectivity index (χ3v) is 5.02. The van der Waals surface area contributed by atoms with Crippen molar-refractivity contribution in [2.75, 3.05) is 20.3 Å². The van der Waals surface area contributed by atoms with Crippen molar-refractivity contribution in [3.05, 3.63) is 47.8 Å². The normalized spacial score (nSPS) is 11.9. The van der Waals surface area contributed by atoms with Crippen LogP contribution in [0.3, 0.4) is 0 Å². The number of hydrogen-bond donors (Lipinski definition) is 1. The van der Waals surface area contributed by atoms with Crippen LogP contribution in [0.1, 0.15) is 19.1 Å². The molecule has 3 aromatic rings. The van der Waals surface area contributed by atoms with E-state index in [1.165, 1.54) is 0 Å². The topological polar surface area (TPSA) is 77.1 Å². The summed E-state index contributed by atoms with van der Waals surface area (Å²) in [7, 11) is 0.371. The minimum Gasteiger partial charge on any atom is -1.00 e. The molecule has 0 bridgehead atoms. The van der Waals surface area contributed by atoms with Gasteiger partial charge in [0.15, 0.2) is 5.16 Å². The second kappa shape index (κ2) is 10.2. The zero-order valence-corrected chi connectivity index (χ0v) is 18.1. The van der Waals surface area contributed by atoms with Crippen molar-refractivity contribution in [1.82, 2.24) is 15.0 Å². The van der Waals surface area contributed by atoms with E-state index >= 15 is 0 Å². The first-order valence-electron chi connectivity index (χ1n) is 8.08. The summed E-state index contributed by atoms with van der Waals surface area (Å²) in [6, 6.07) is 9.47. The largest absolute Gasteiger partial charge is 1.00 e. The molecule has 3 rings (SSSR count). The third-order valence-electron chi connectivity index (χ3n) is 3.86. The van der Waals surface area contributed by atoms with Gasteiger partial charge in [-0.2, -0.15) is 0 Å². The number of benzene rings is 1. The molecule has 0 aliphatic carbocycles. The van der Waals surface area contributed by atoms with Gasteiger partial charge in [-0.1, -0.05) is 12.1 Å². The Labute approximate surface area is 179 Å². The van der Waals surface area contributed by atoms with Crippen molar-refractivity contribution in [2.45, 2.75) is 24.3 Å². The van der Waals surface area contributed by atoms with Crippen molar-refractivity contribution in [3.63, 3.8) is 0 Å². The summed E-state index contributed by atoms with van der Waals surface area (Å²) in [5.41, 5.74) is 3.35. The van der Waals surface area contributed by atoms with Gasteiger partial charge in [-0.15, -0.1) is 0 Å². The summed E-state index contributed by atoms with van der Waals surface area (Å²) >= 11 is 0. The number of pyridine rings is 1. The number of hydrogen-bond acceptors (Lipinski definition) is 5. The summed E-state index contributed by atoms with van der Waals surface area (Å²) in [6.07, 6.45) is 2.50. The van der Waals surface area contributed by atoms with Gasteiger partial charge in [-0.25, -0.2) is 4.98 Å². The first-order valence-corrected chi connectivity index (χ1v) is 9.40. The maximum Gasteiger partial charge on any atom is 1.00 e. The fourth-order valence-electron chi connectivity index (χ4n) is 2.48. The van der Waals surface area contributed by atoms with Crippen LogP contribution < -0.4 is 34.3 Å². The van der Waals surface area contributed by atoms with E-state index in [1.807, 2.05) is 37.3 Å². The van der Waals surface area contributed by atoms with Gasteiger partial charge in [0.25, 0.3) is 0 Å². The number of aromatic nitrogens is 3. The monoisotopic (exact) mass is 383 g/mol. The molecule has 1 N–H and O–H groups in total. The molecule has 0 fully saturated rings. The number of nitrogens with one attached hydrogen (secondary N) is 1. The summed E-state index contributed by atoms with van der Waals surface area (Å²) in [5, 5.41) is 0.466. The maximum absolute atomic E-state index is 12.7. The molecule has 8 heteroatoms. The molecule has 1 atom stereocenters. The molecule has 0 saturated carbocycles. The predicted molar refractivity (Wildman–Crippen MR) is 98.3 cm³/mol. The van der Waals surface area contributed by atoms with Crippen LogP contribution in [0.5, 0.6) is 5.75 Å². The van der Waals surface area contributed by atoms with Gasteiger partial charge in [-0.3, -0.25) is 9.19 Å². The fourth-order valence-corrected chi connectivity index (χ4v) is 3.58. The Morgan fingerprint density at radius 3 is 2.81 bits per heavy atom. The van der Waals surface area contributed by atoms with Crippen molar-refractivity contribution >= 4 is 21.8 Å². The van der Waals surface area contributed by atoms with Gasteiger partial charge < -0.3 is 15.9 Å². The summed E-state index contributed by atoms with van der Waals surface area (Å²) < 4.78 is 23.5. The number of fused-ring (bicyclic) bond motifs is 1. The number of ether oxygens (including phenoxy) is 2. The Kier molecular flexibility index (Phi) is 8.24. The predicted octanol–water partition coefficient (Wildman–Crippen LogP) is 0.106. The number of methoxy groups -OCH3 is 1. The van der Waals surface area contributed by atoms with E-state index in [0.717, 1.165) is 34.5 Å². The van der Waals surface area contributed by atoms with E-state index in [2.05, 4.69) is 15.0 Å². The SMILES string of the molecule is COCCCOc1ccnc(C[S@@](=O)c2nc3ccccc3[nH]2)c1C.[H-].[Na+]. The minimum absolute atomic E-state index is 0. The third kappa shape index (κ3) is 5.14. The number of H-pyrrole nitrogens is 1. The van der Waals surface area contributed by atoms with E-state index in [1.54, 1.807) is 13.3 Å². The van der Waals surface area contributed by atoms with Gasteiger partial charge >= 0.3 is 29.6 Å². The molecule has 1 aromatic carbocycles. The molecule has 26 heavy (non-hydrogen) atoms. The fraction of sp³-hybridized carbons (Fsp3) is 0.333.